The van der Waals surface area contributed by atoms with Crippen LogP contribution in [-0.2, 0) is 6.42 Å². The van der Waals surface area contributed by atoms with Crippen LogP contribution >= 0.6 is 0 Å². The third-order valence-electron chi connectivity index (χ3n) is 5.56. The van der Waals surface area contributed by atoms with E-state index in [0.717, 1.165) is 30.2 Å². The van der Waals surface area contributed by atoms with Crippen LogP contribution in [0.5, 0.6) is 11.5 Å². The lowest BCUT2D eigenvalue weighted by molar-refractivity contribution is 0.351. The van der Waals surface area contributed by atoms with Crippen molar-refractivity contribution in [1.29, 1.82) is 0 Å². The molecule has 0 saturated heterocycles. The zero-order chi connectivity index (χ0) is 20.2. The molecule has 0 unspecified atom stereocenters. The van der Waals surface area contributed by atoms with Crippen molar-refractivity contribution in [3.63, 3.8) is 0 Å². The lowest BCUT2D eigenvalue weighted by Crippen LogP contribution is -2.44. The first-order valence-electron chi connectivity index (χ1n) is 10.0. The third kappa shape index (κ3) is 4.22. The Morgan fingerprint density at radius 1 is 0.931 bits per heavy atom. The molecule has 4 nitrogen and oxygen atoms in total. The number of anilines is 1. The minimum Gasteiger partial charge on any atom is -0.493 e. The molecule has 0 aliphatic carbocycles. The molecule has 0 fully saturated rings. The topological polar surface area (TPSA) is 42.5 Å². The summed E-state index contributed by atoms with van der Waals surface area (Å²) in [5.74, 6) is 1.55. The normalized spacial score (nSPS) is 18.0. The van der Waals surface area contributed by atoms with Gasteiger partial charge in [-0.1, -0.05) is 48.0 Å². The molecule has 1 aliphatic rings. The van der Waals surface area contributed by atoms with Crippen LogP contribution in [0.3, 0.4) is 0 Å². The Kier molecular flexibility index (Phi) is 5.72. The molecule has 29 heavy (non-hydrogen) atoms. The van der Waals surface area contributed by atoms with Crippen molar-refractivity contribution in [2.45, 2.75) is 25.4 Å². The van der Waals surface area contributed by atoms with E-state index in [2.05, 4.69) is 84.3 Å². The first-order valence-corrected chi connectivity index (χ1v) is 10.0. The standard InChI is InChI=1S/C25H28N2O2/c1-17-9-11-20(12-10-17)26-16-21-13-19-14-23(28-2)24(29-3)15-22(19)25(27-21)18-7-5-4-6-8-18/h4-12,14-15,21,25-27H,13,16H2,1-3H3/t21-,25-/m0/s1. The first-order chi connectivity index (χ1) is 14.2. The molecular weight excluding hydrogens is 360 g/mol. The largest absolute Gasteiger partial charge is 0.493 e. The van der Waals surface area contributed by atoms with E-state index in [-0.39, 0.29) is 6.04 Å². The molecule has 1 aliphatic heterocycles. The van der Waals surface area contributed by atoms with Crippen molar-refractivity contribution in [2.24, 2.45) is 0 Å². The Hall–Kier alpha value is -2.98. The smallest absolute Gasteiger partial charge is 0.161 e. The highest BCUT2D eigenvalue weighted by molar-refractivity contribution is 5.52. The fraction of sp³-hybridized carbons (Fsp3) is 0.280. The van der Waals surface area contributed by atoms with Crippen LogP contribution in [0.1, 0.15) is 28.3 Å². The van der Waals surface area contributed by atoms with Gasteiger partial charge in [0, 0.05) is 18.3 Å². The summed E-state index contributed by atoms with van der Waals surface area (Å²) in [5.41, 5.74) is 6.21. The molecule has 150 valence electrons. The fourth-order valence-corrected chi connectivity index (χ4v) is 4.00. The second kappa shape index (κ2) is 8.58. The van der Waals surface area contributed by atoms with Crippen molar-refractivity contribution in [1.82, 2.24) is 5.32 Å². The van der Waals surface area contributed by atoms with Crippen LogP contribution in [0.25, 0.3) is 0 Å². The van der Waals surface area contributed by atoms with Gasteiger partial charge in [0.15, 0.2) is 11.5 Å². The van der Waals surface area contributed by atoms with Gasteiger partial charge in [-0.25, -0.2) is 0 Å². The van der Waals surface area contributed by atoms with Crippen molar-refractivity contribution < 1.29 is 9.47 Å². The molecule has 1 heterocycles. The first kappa shape index (κ1) is 19.3. The molecule has 0 bridgehead atoms. The van der Waals surface area contributed by atoms with Crippen LogP contribution in [0, 0.1) is 6.92 Å². The molecule has 3 aromatic rings. The van der Waals surface area contributed by atoms with Crippen LogP contribution in [0.2, 0.25) is 0 Å². The van der Waals surface area contributed by atoms with Crippen molar-refractivity contribution in [3.8, 4) is 11.5 Å². The SMILES string of the molecule is COc1cc2c(cc1OC)[C@H](c1ccccc1)N[C@H](CNc1ccc(C)cc1)C2. The lowest BCUT2D eigenvalue weighted by Gasteiger charge is -2.34. The highest BCUT2D eigenvalue weighted by Gasteiger charge is 2.29. The molecule has 2 N–H and O–H groups in total. The van der Waals surface area contributed by atoms with E-state index < -0.39 is 0 Å². The number of benzene rings is 3. The highest BCUT2D eigenvalue weighted by Crippen LogP contribution is 2.38. The maximum atomic E-state index is 5.56. The second-order valence-corrected chi connectivity index (χ2v) is 7.56. The summed E-state index contributed by atoms with van der Waals surface area (Å²) < 4.78 is 11.1. The molecule has 2 atom stereocenters. The predicted octanol–water partition coefficient (Wildman–Crippen LogP) is 4.73. The van der Waals surface area contributed by atoms with Crippen molar-refractivity contribution in [3.05, 3.63) is 89.0 Å². The van der Waals surface area contributed by atoms with Crippen LogP contribution in [0.15, 0.2) is 66.7 Å². The zero-order valence-corrected chi connectivity index (χ0v) is 17.2. The molecule has 4 heteroatoms. The van der Waals surface area contributed by atoms with Gasteiger partial charge in [0.2, 0.25) is 0 Å². The van der Waals surface area contributed by atoms with Gasteiger partial charge >= 0.3 is 0 Å². The van der Waals surface area contributed by atoms with E-state index in [1.165, 1.54) is 22.3 Å². The summed E-state index contributed by atoms with van der Waals surface area (Å²) in [7, 11) is 3.38. The number of hydrogen-bond acceptors (Lipinski definition) is 4. The number of hydrogen-bond donors (Lipinski definition) is 2. The van der Waals surface area contributed by atoms with Gasteiger partial charge in [-0.15, -0.1) is 0 Å². The van der Waals surface area contributed by atoms with E-state index in [1.807, 2.05) is 0 Å². The molecule has 0 aromatic heterocycles. The van der Waals surface area contributed by atoms with Gasteiger partial charge in [-0.2, -0.15) is 0 Å². The van der Waals surface area contributed by atoms with E-state index in [0.29, 0.717) is 6.04 Å². The van der Waals surface area contributed by atoms with Gasteiger partial charge in [0.25, 0.3) is 0 Å². The summed E-state index contributed by atoms with van der Waals surface area (Å²) in [6.07, 6.45) is 0.928. The molecule has 0 saturated carbocycles. The molecule has 0 amide bonds. The summed E-state index contributed by atoms with van der Waals surface area (Å²) in [6.45, 7) is 2.95. The van der Waals surface area contributed by atoms with Gasteiger partial charge in [-0.05, 0) is 54.3 Å². The summed E-state index contributed by atoms with van der Waals surface area (Å²) in [6, 6.07) is 23.8. The zero-order valence-electron chi connectivity index (χ0n) is 17.2. The average Bonchev–Trinajstić information content (AvgIpc) is 2.77. The predicted molar refractivity (Wildman–Crippen MR) is 118 cm³/mol. The maximum Gasteiger partial charge on any atom is 0.161 e. The average molecular weight is 389 g/mol. The minimum atomic E-state index is 0.115. The van der Waals surface area contributed by atoms with Crippen LogP contribution in [-0.4, -0.2) is 26.8 Å². The van der Waals surface area contributed by atoms with Gasteiger partial charge in [0.1, 0.15) is 0 Å². The van der Waals surface area contributed by atoms with E-state index in [9.17, 15) is 0 Å². The fourth-order valence-electron chi connectivity index (χ4n) is 4.00. The molecule has 0 spiro atoms. The number of aryl methyl sites for hydroxylation is 1. The molecule has 4 rings (SSSR count). The number of fused-ring (bicyclic) bond motifs is 1. The van der Waals surface area contributed by atoms with Crippen molar-refractivity contribution in [2.75, 3.05) is 26.1 Å². The van der Waals surface area contributed by atoms with Gasteiger partial charge in [-0.3, -0.25) is 0 Å². The van der Waals surface area contributed by atoms with Crippen LogP contribution in [0.4, 0.5) is 5.69 Å². The summed E-state index contributed by atoms with van der Waals surface area (Å²) >= 11 is 0. The van der Waals surface area contributed by atoms with E-state index in [4.69, 9.17) is 9.47 Å². The number of methoxy groups -OCH3 is 2. The quantitative estimate of drug-likeness (QED) is 0.641. The number of rotatable bonds is 6. The Labute approximate surface area is 172 Å². The molecule has 0 radical (unpaired) electrons. The maximum absolute atomic E-state index is 5.56. The van der Waals surface area contributed by atoms with Gasteiger partial charge in [0.05, 0.1) is 20.3 Å². The third-order valence-corrected chi connectivity index (χ3v) is 5.56. The monoisotopic (exact) mass is 388 g/mol. The molecule has 3 aromatic carbocycles. The Balaban J connectivity index is 1.63. The Bertz CT molecular complexity index is 955. The van der Waals surface area contributed by atoms with Gasteiger partial charge < -0.3 is 20.1 Å². The van der Waals surface area contributed by atoms with E-state index >= 15 is 0 Å². The summed E-state index contributed by atoms with van der Waals surface area (Å²) in [5, 5.41) is 7.41. The number of nitrogens with one attached hydrogen (secondary N) is 2. The number of ether oxygens (including phenoxy) is 2. The minimum absolute atomic E-state index is 0.115. The Morgan fingerprint density at radius 2 is 1.62 bits per heavy atom. The van der Waals surface area contributed by atoms with Crippen LogP contribution < -0.4 is 20.1 Å². The lowest BCUT2D eigenvalue weighted by atomic mass is 9.86. The van der Waals surface area contributed by atoms with E-state index in [1.54, 1.807) is 14.2 Å². The molecular formula is C25H28N2O2. The Morgan fingerprint density at radius 3 is 2.31 bits per heavy atom. The highest BCUT2D eigenvalue weighted by atomic mass is 16.5. The summed E-state index contributed by atoms with van der Waals surface area (Å²) in [4.78, 5) is 0. The van der Waals surface area contributed by atoms with Crippen molar-refractivity contribution >= 4 is 5.69 Å². The second-order valence-electron chi connectivity index (χ2n) is 7.56.